The normalized spacial score (nSPS) is 33.5. The fraction of sp³-hybridized carbons (Fsp3) is 0.923. The average molecular weight is 240 g/mol. The standard InChI is InChI=1S/C13H24N2O2/c1-13(2,3)17-12(16)14-9-7-10-5-6-11(8-9)15(10)4/h9-11H,5-8H2,1-4H3,(H,14,16)/t9?,10-,11+. The third kappa shape index (κ3) is 3.12. The number of rotatable bonds is 1. The molecule has 2 heterocycles. The first-order valence-electron chi connectivity index (χ1n) is 6.56. The van der Waals surface area contributed by atoms with Crippen molar-refractivity contribution in [1.29, 1.82) is 0 Å². The van der Waals surface area contributed by atoms with Gasteiger partial charge in [-0.2, -0.15) is 0 Å². The van der Waals surface area contributed by atoms with Crippen LogP contribution in [0, 0.1) is 0 Å². The molecule has 2 fully saturated rings. The predicted octanol–water partition coefficient (Wildman–Crippen LogP) is 2.14. The van der Waals surface area contributed by atoms with Gasteiger partial charge in [-0.05, 0) is 53.5 Å². The summed E-state index contributed by atoms with van der Waals surface area (Å²) in [5, 5.41) is 3.01. The second-order valence-corrected chi connectivity index (χ2v) is 6.37. The molecule has 98 valence electrons. The van der Waals surface area contributed by atoms with Gasteiger partial charge in [0.25, 0.3) is 0 Å². The molecule has 2 bridgehead atoms. The number of hydrogen-bond acceptors (Lipinski definition) is 3. The van der Waals surface area contributed by atoms with Gasteiger partial charge in [-0.1, -0.05) is 0 Å². The molecule has 0 spiro atoms. The summed E-state index contributed by atoms with van der Waals surface area (Å²) in [6.45, 7) is 5.68. The summed E-state index contributed by atoms with van der Waals surface area (Å²) in [5.41, 5.74) is -0.408. The van der Waals surface area contributed by atoms with Crippen molar-refractivity contribution in [3.05, 3.63) is 0 Å². The molecule has 1 amide bonds. The minimum atomic E-state index is -0.408. The van der Waals surface area contributed by atoms with Crippen LogP contribution in [0.3, 0.4) is 0 Å². The molecular weight excluding hydrogens is 216 g/mol. The Kier molecular flexibility index (Phi) is 3.34. The largest absolute Gasteiger partial charge is 0.444 e. The number of fused-ring (bicyclic) bond motifs is 2. The Morgan fingerprint density at radius 2 is 1.76 bits per heavy atom. The molecule has 4 heteroatoms. The number of nitrogens with zero attached hydrogens (tertiary/aromatic N) is 1. The van der Waals surface area contributed by atoms with Crippen LogP contribution < -0.4 is 5.32 Å². The molecule has 0 aromatic carbocycles. The van der Waals surface area contributed by atoms with Gasteiger partial charge >= 0.3 is 6.09 Å². The van der Waals surface area contributed by atoms with Crippen LogP contribution in [0.25, 0.3) is 0 Å². The van der Waals surface area contributed by atoms with Crippen molar-refractivity contribution in [3.63, 3.8) is 0 Å². The van der Waals surface area contributed by atoms with Crippen LogP contribution in [0.4, 0.5) is 4.79 Å². The lowest BCUT2D eigenvalue weighted by Gasteiger charge is -2.36. The first-order valence-corrected chi connectivity index (χ1v) is 6.56. The van der Waals surface area contributed by atoms with Crippen LogP contribution in [0.15, 0.2) is 0 Å². The molecular formula is C13H24N2O2. The second kappa shape index (κ2) is 4.48. The van der Waals surface area contributed by atoms with E-state index in [1.807, 2.05) is 20.8 Å². The smallest absolute Gasteiger partial charge is 0.407 e. The Balaban J connectivity index is 1.83. The highest BCUT2D eigenvalue weighted by atomic mass is 16.6. The van der Waals surface area contributed by atoms with E-state index in [4.69, 9.17) is 4.74 Å². The fourth-order valence-corrected chi connectivity index (χ4v) is 3.00. The molecule has 2 aliphatic rings. The van der Waals surface area contributed by atoms with Crippen molar-refractivity contribution < 1.29 is 9.53 Å². The molecule has 0 radical (unpaired) electrons. The van der Waals surface area contributed by atoms with Crippen LogP contribution in [-0.4, -0.2) is 41.8 Å². The van der Waals surface area contributed by atoms with Crippen LogP contribution in [0.2, 0.25) is 0 Å². The number of piperidine rings is 1. The van der Waals surface area contributed by atoms with E-state index in [1.54, 1.807) is 0 Å². The maximum absolute atomic E-state index is 11.7. The topological polar surface area (TPSA) is 41.6 Å². The molecule has 2 rings (SSSR count). The van der Waals surface area contributed by atoms with Gasteiger partial charge in [0.1, 0.15) is 5.60 Å². The quantitative estimate of drug-likeness (QED) is 0.763. The molecule has 3 atom stereocenters. The summed E-state index contributed by atoms with van der Waals surface area (Å²) in [5.74, 6) is 0. The monoisotopic (exact) mass is 240 g/mol. The van der Waals surface area contributed by atoms with Crippen molar-refractivity contribution in [2.45, 2.75) is 70.2 Å². The van der Waals surface area contributed by atoms with E-state index in [1.165, 1.54) is 12.8 Å². The highest BCUT2D eigenvalue weighted by Gasteiger charge is 2.39. The number of ether oxygens (including phenoxy) is 1. The second-order valence-electron chi connectivity index (χ2n) is 6.37. The van der Waals surface area contributed by atoms with Crippen LogP contribution in [-0.2, 0) is 4.74 Å². The molecule has 1 N–H and O–H groups in total. The maximum atomic E-state index is 11.7. The van der Waals surface area contributed by atoms with E-state index in [-0.39, 0.29) is 6.09 Å². The molecule has 0 aromatic rings. The van der Waals surface area contributed by atoms with E-state index in [2.05, 4.69) is 17.3 Å². The minimum absolute atomic E-state index is 0.272. The SMILES string of the molecule is CN1[C@@H]2CC[C@H]1CC(NC(=O)OC(C)(C)C)C2. The number of carbonyl (C=O) groups excluding carboxylic acids is 1. The number of hydrogen-bond donors (Lipinski definition) is 1. The summed E-state index contributed by atoms with van der Waals surface area (Å²) >= 11 is 0. The van der Waals surface area contributed by atoms with Gasteiger partial charge in [0.15, 0.2) is 0 Å². The first-order chi connectivity index (χ1) is 7.85. The number of alkyl carbamates (subject to hydrolysis) is 1. The molecule has 4 nitrogen and oxygen atoms in total. The van der Waals surface area contributed by atoms with E-state index in [0.717, 1.165) is 12.8 Å². The summed E-state index contributed by atoms with van der Waals surface area (Å²) in [6, 6.07) is 1.58. The van der Waals surface area contributed by atoms with Crippen molar-refractivity contribution in [3.8, 4) is 0 Å². The Morgan fingerprint density at radius 1 is 1.24 bits per heavy atom. The molecule has 1 unspecified atom stereocenters. The number of amides is 1. The zero-order chi connectivity index (χ0) is 12.6. The first kappa shape index (κ1) is 12.7. The molecule has 0 aliphatic carbocycles. The molecule has 0 aromatic heterocycles. The van der Waals surface area contributed by atoms with E-state index in [9.17, 15) is 4.79 Å². The van der Waals surface area contributed by atoms with Crippen molar-refractivity contribution in [2.75, 3.05) is 7.05 Å². The van der Waals surface area contributed by atoms with Gasteiger partial charge in [0.2, 0.25) is 0 Å². The molecule has 0 saturated carbocycles. The maximum Gasteiger partial charge on any atom is 0.407 e. The third-order valence-electron chi connectivity index (χ3n) is 3.82. The van der Waals surface area contributed by atoms with E-state index >= 15 is 0 Å². The zero-order valence-corrected chi connectivity index (χ0v) is 11.3. The summed E-state index contributed by atoms with van der Waals surface area (Å²) < 4.78 is 5.29. The van der Waals surface area contributed by atoms with Crippen molar-refractivity contribution >= 4 is 6.09 Å². The van der Waals surface area contributed by atoms with Gasteiger partial charge in [-0.3, -0.25) is 0 Å². The van der Waals surface area contributed by atoms with Crippen molar-refractivity contribution in [1.82, 2.24) is 10.2 Å². The lowest BCUT2D eigenvalue weighted by Crippen LogP contribution is -2.49. The lowest BCUT2D eigenvalue weighted by atomic mass is 9.98. The lowest BCUT2D eigenvalue weighted by molar-refractivity contribution is 0.0459. The average Bonchev–Trinajstić information content (AvgIpc) is 2.42. The zero-order valence-electron chi connectivity index (χ0n) is 11.3. The fourth-order valence-electron chi connectivity index (χ4n) is 3.00. The van der Waals surface area contributed by atoms with Gasteiger partial charge in [-0.25, -0.2) is 4.79 Å². The van der Waals surface area contributed by atoms with Crippen LogP contribution in [0.5, 0.6) is 0 Å². The summed E-state index contributed by atoms with van der Waals surface area (Å²) in [4.78, 5) is 14.2. The summed E-state index contributed by atoms with van der Waals surface area (Å²) in [6.07, 6.45) is 4.39. The Hall–Kier alpha value is -0.770. The highest BCUT2D eigenvalue weighted by molar-refractivity contribution is 5.68. The van der Waals surface area contributed by atoms with Gasteiger partial charge in [-0.15, -0.1) is 0 Å². The van der Waals surface area contributed by atoms with Gasteiger partial charge in [0, 0.05) is 18.1 Å². The molecule has 2 saturated heterocycles. The summed E-state index contributed by atoms with van der Waals surface area (Å²) in [7, 11) is 2.20. The van der Waals surface area contributed by atoms with Gasteiger partial charge < -0.3 is 15.0 Å². The van der Waals surface area contributed by atoms with Crippen molar-refractivity contribution in [2.24, 2.45) is 0 Å². The Labute approximate surface area is 104 Å². The van der Waals surface area contributed by atoms with E-state index < -0.39 is 5.60 Å². The third-order valence-corrected chi connectivity index (χ3v) is 3.82. The Bertz CT molecular complexity index is 284. The van der Waals surface area contributed by atoms with E-state index in [0.29, 0.717) is 18.1 Å². The number of nitrogens with one attached hydrogen (secondary N) is 1. The predicted molar refractivity (Wildman–Crippen MR) is 67.0 cm³/mol. The van der Waals surface area contributed by atoms with Crippen LogP contribution in [0.1, 0.15) is 46.5 Å². The molecule has 2 aliphatic heterocycles. The Morgan fingerprint density at radius 3 is 2.24 bits per heavy atom. The number of carbonyl (C=O) groups is 1. The minimum Gasteiger partial charge on any atom is -0.444 e. The van der Waals surface area contributed by atoms with Gasteiger partial charge in [0.05, 0.1) is 0 Å². The highest BCUT2D eigenvalue weighted by Crippen LogP contribution is 2.34. The molecule has 17 heavy (non-hydrogen) atoms. The van der Waals surface area contributed by atoms with Crippen LogP contribution >= 0.6 is 0 Å².